The Bertz CT molecular complexity index is 520. The van der Waals surface area contributed by atoms with Crippen molar-refractivity contribution in [2.75, 3.05) is 19.7 Å². The summed E-state index contributed by atoms with van der Waals surface area (Å²) in [5, 5.41) is 4.46. The fourth-order valence-corrected chi connectivity index (χ4v) is 2.79. The van der Waals surface area contributed by atoms with Crippen LogP contribution < -0.4 is 5.73 Å². The number of morpholine rings is 1. The first-order chi connectivity index (χ1) is 10.4. The first-order valence-electron chi connectivity index (χ1n) is 8.09. The molecule has 0 saturated carbocycles. The molecule has 0 spiro atoms. The molecule has 3 unspecified atom stereocenters. The number of aryl methyl sites for hydroxylation is 2. The molecule has 0 aromatic carbocycles. The van der Waals surface area contributed by atoms with Crippen molar-refractivity contribution in [3.8, 4) is 0 Å². The van der Waals surface area contributed by atoms with Crippen LogP contribution in [0.4, 0.5) is 0 Å². The van der Waals surface area contributed by atoms with Crippen molar-refractivity contribution < 1.29 is 9.53 Å². The fourth-order valence-electron chi connectivity index (χ4n) is 2.79. The van der Waals surface area contributed by atoms with Gasteiger partial charge in [0.05, 0.1) is 31.0 Å². The van der Waals surface area contributed by atoms with E-state index in [0.29, 0.717) is 26.2 Å². The molecular weight excluding hydrogens is 316 g/mol. The summed E-state index contributed by atoms with van der Waals surface area (Å²) in [5.41, 5.74) is 8.19. The number of rotatable bonds is 5. The Labute approximate surface area is 144 Å². The van der Waals surface area contributed by atoms with Gasteiger partial charge in [0.15, 0.2) is 0 Å². The van der Waals surface area contributed by atoms with Crippen LogP contribution in [0.15, 0.2) is 6.07 Å². The third-order valence-electron chi connectivity index (χ3n) is 4.47. The van der Waals surface area contributed by atoms with E-state index >= 15 is 0 Å². The molecule has 0 radical (unpaired) electrons. The lowest BCUT2D eigenvalue weighted by Gasteiger charge is -2.35. The molecule has 2 N–H and O–H groups in total. The largest absolute Gasteiger partial charge is 0.373 e. The minimum absolute atomic E-state index is 0. The molecular formula is C16H29ClN4O2. The lowest BCUT2D eigenvalue weighted by molar-refractivity contribution is -0.141. The normalized spacial score (nSPS) is 20.7. The third kappa shape index (κ3) is 4.93. The maximum atomic E-state index is 12.5. The van der Waals surface area contributed by atoms with E-state index in [1.54, 1.807) is 0 Å². The van der Waals surface area contributed by atoms with Gasteiger partial charge in [0.2, 0.25) is 5.91 Å². The van der Waals surface area contributed by atoms with Gasteiger partial charge in [-0.15, -0.1) is 12.4 Å². The van der Waals surface area contributed by atoms with Crippen molar-refractivity contribution >= 4 is 18.3 Å². The van der Waals surface area contributed by atoms with Gasteiger partial charge in [0.1, 0.15) is 0 Å². The van der Waals surface area contributed by atoms with Crippen LogP contribution in [-0.4, -0.2) is 52.4 Å². The van der Waals surface area contributed by atoms with Crippen LogP contribution in [0.5, 0.6) is 0 Å². The van der Waals surface area contributed by atoms with Gasteiger partial charge >= 0.3 is 0 Å². The number of amides is 1. The van der Waals surface area contributed by atoms with Crippen molar-refractivity contribution in [2.24, 2.45) is 11.7 Å². The predicted molar refractivity (Wildman–Crippen MR) is 92.7 cm³/mol. The summed E-state index contributed by atoms with van der Waals surface area (Å²) >= 11 is 0. The minimum Gasteiger partial charge on any atom is -0.373 e. The summed E-state index contributed by atoms with van der Waals surface area (Å²) < 4.78 is 7.74. The molecule has 132 valence electrons. The molecule has 6 nitrogen and oxygen atoms in total. The zero-order valence-corrected chi connectivity index (χ0v) is 15.3. The van der Waals surface area contributed by atoms with E-state index in [-0.39, 0.29) is 30.3 Å². The Kier molecular flexibility index (Phi) is 7.51. The van der Waals surface area contributed by atoms with Gasteiger partial charge in [-0.1, -0.05) is 20.3 Å². The van der Waals surface area contributed by atoms with Gasteiger partial charge in [-0.25, -0.2) is 0 Å². The molecule has 2 rings (SSSR count). The van der Waals surface area contributed by atoms with E-state index in [4.69, 9.17) is 10.5 Å². The first kappa shape index (κ1) is 19.9. The minimum atomic E-state index is -0.419. The first-order valence-corrected chi connectivity index (χ1v) is 8.09. The number of carbonyl (C=O) groups is 1. The molecule has 0 aliphatic carbocycles. The van der Waals surface area contributed by atoms with Gasteiger partial charge in [-0.3, -0.25) is 9.48 Å². The third-order valence-corrected chi connectivity index (χ3v) is 4.47. The fraction of sp³-hybridized carbons (Fsp3) is 0.750. The highest BCUT2D eigenvalue weighted by Crippen LogP contribution is 2.14. The number of ether oxygens (including phenoxy) is 1. The van der Waals surface area contributed by atoms with E-state index < -0.39 is 6.04 Å². The van der Waals surface area contributed by atoms with Crippen molar-refractivity contribution in [3.05, 3.63) is 17.5 Å². The molecule has 1 fully saturated rings. The van der Waals surface area contributed by atoms with Crippen LogP contribution in [0, 0.1) is 19.8 Å². The molecule has 3 atom stereocenters. The lowest BCUT2D eigenvalue weighted by atomic mass is 9.98. The lowest BCUT2D eigenvalue weighted by Crippen LogP contribution is -2.53. The van der Waals surface area contributed by atoms with Crippen LogP contribution in [0.1, 0.15) is 31.7 Å². The summed E-state index contributed by atoms with van der Waals surface area (Å²) in [4.78, 5) is 14.3. The van der Waals surface area contributed by atoms with Crippen molar-refractivity contribution in [3.63, 3.8) is 0 Å². The number of hydrogen-bond donors (Lipinski definition) is 1. The number of carbonyl (C=O) groups excluding carboxylic acids is 1. The van der Waals surface area contributed by atoms with Crippen LogP contribution in [0.25, 0.3) is 0 Å². The zero-order chi connectivity index (χ0) is 16.3. The Morgan fingerprint density at radius 2 is 2.22 bits per heavy atom. The Hall–Kier alpha value is -1.11. The number of halogens is 1. The van der Waals surface area contributed by atoms with E-state index in [0.717, 1.165) is 17.8 Å². The highest BCUT2D eigenvalue weighted by Gasteiger charge is 2.30. The van der Waals surface area contributed by atoms with E-state index in [1.165, 1.54) is 0 Å². The maximum absolute atomic E-state index is 12.5. The number of aromatic nitrogens is 2. The second kappa shape index (κ2) is 8.66. The second-order valence-corrected chi connectivity index (χ2v) is 6.30. The smallest absolute Gasteiger partial charge is 0.239 e. The summed E-state index contributed by atoms with van der Waals surface area (Å²) in [5.74, 6) is 0.237. The van der Waals surface area contributed by atoms with Gasteiger partial charge < -0.3 is 15.4 Å². The predicted octanol–water partition coefficient (Wildman–Crippen LogP) is 1.52. The van der Waals surface area contributed by atoms with Crippen LogP contribution >= 0.6 is 12.4 Å². The Balaban J connectivity index is 0.00000264. The average molecular weight is 345 g/mol. The monoisotopic (exact) mass is 344 g/mol. The summed E-state index contributed by atoms with van der Waals surface area (Å²) in [7, 11) is 0. The van der Waals surface area contributed by atoms with Crippen LogP contribution in [0.3, 0.4) is 0 Å². The van der Waals surface area contributed by atoms with Gasteiger partial charge in [0.25, 0.3) is 0 Å². The highest BCUT2D eigenvalue weighted by atomic mass is 35.5. The van der Waals surface area contributed by atoms with Gasteiger partial charge in [-0.05, 0) is 25.8 Å². The van der Waals surface area contributed by atoms with E-state index in [2.05, 4.69) is 12.0 Å². The topological polar surface area (TPSA) is 73.4 Å². The molecule has 2 heterocycles. The quantitative estimate of drug-likeness (QED) is 0.879. The van der Waals surface area contributed by atoms with E-state index in [9.17, 15) is 4.79 Å². The number of nitrogens with two attached hydrogens (primary N) is 1. The maximum Gasteiger partial charge on any atom is 0.239 e. The average Bonchev–Trinajstić information content (AvgIpc) is 2.82. The molecule has 7 heteroatoms. The van der Waals surface area contributed by atoms with Gasteiger partial charge in [-0.2, -0.15) is 5.10 Å². The molecule has 1 amide bonds. The van der Waals surface area contributed by atoms with Crippen molar-refractivity contribution in [1.82, 2.24) is 14.7 Å². The van der Waals surface area contributed by atoms with E-state index in [1.807, 2.05) is 36.4 Å². The number of hydrogen-bond acceptors (Lipinski definition) is 4. The molecule has 1 aromatic rings. The summed E-state index contributed by atoms with van der Waals surface area (Å²) in [6.07, 6.45) is 0.881. The van der Waals surface area contributed by atoms with Crippen molar-refractivity contribution in [1.29, 1.82) is 0 Å². The Morgan fingerprint density at radius 1 is 1.52 bits per heavy atom. The van der Waals surface area contributed by atoms with Crippen molar-refractivity contribution in [2.45, 2.75) is 52.8 Å². The highest BCUT2D eigenvalue weighted by molar-refractivity contribution is 5.85. The zero-order valence-electron chi connectivity index (χ0n) is 14.5. The SMILES string of the molecule is CCC(C)C(N)C(=O)N1CCOC(Cn2nc(C)cc2C)C1.Cl. The second-order valence-electron chi connectivity index (χ2n) is 6.30. The molecule has 1 aromatic heterocycles. The van der Waals surface area contributed by atoms with Gasteiger partial charge in [0, 0.05) is 18.8 Å². The summed E-state index contributed by atoms with van der Waals surface area (Å²) in [6, 6.07) is 1.63. The standard InChI is InChI=1S/C16H28N4O2.ClH/c1-5-11(2)15(17)16(21)19-6-7-22-14(9-19)10-20-13(4)8-12(3)18-20;/h8,11,14-15H,5-7,9-10,17H2,1-4H3;1H. The van der Waals surface area contributed by atoms with Crippen LogP contribution in [-0.2, 0) is 16.1 Å². The molecule has 1 aliphatic rings. The molecule has 1 aliphatic heterocycles. The molecule has 1 saturated heterocycles. The molecule has 0 bridgehead atoms. The van der Waals surface area contributed by atoms with Crippen LogP contribution in [0.2, 0.25) is 0 Å². The summed E-state index contributed by atoms with van der Waals surface area (Å²) in [6.45, 7) is 10.5. The number of nitrogens with zero attached hydrogens (tertiary/aromatic N) is 3. The Morgan fingerprint density at radius 3 is 2.78 bits per heavy atom. The molecule has 23 heavy (non-hydrogen) atoms.